The molecule has 3 heteroatoms. The molecule has 1 aliphatic rings. The van der Waals surface area contributed by atoms with E-state index in [-0.39, 0.29) is 10.8 Å². The Morgan fingerprint density at radius 2 is 1.82 bits per heavy atom. The van der Waals surface area contributed by atoms with Gasteiger partial charge in [-0.3, -0.25) is 0 Å². The summed E-state index contributed by atoms with van der Waals surface area (Å²) >= 11 is 6.24. The van der Waals surface area contributed by atoms with E-state index in [4.69, 9.17) is 11.6 Å². The van der Waals surface area contributed by atoms with Crippen LogP contribution in [0.1, 0.15) is 69.9 Å². The van der Waals surface area contributed by atoms with E-state index in [2.05, 4.69) is 19.9 Å². The molecule has 0 amide bonds. The highest BCUT2D eigenvalue weighted by Gasteiger charge is 2.19. The van der Waals surface area contributed by atoms with Crippen LogP contribution in [0.15, 0.2) is 36.4 Å². The van der Waals surface area contributed by atoms with Crippen molar-refractivity contribution < 1.29 is 8.78 Å². The van der Waals surface area contributed by atoms with Crippen molar-refractivity contribution in [3.05, 3.63) is 64.2 Å². The van der Waals surface area contributed by atoms with E-state index in [1.807, 2.05) is 6.07 Å². The van der Waals surface area contributed by atoms with Crippen LogP contribution >= 0.6 is 11.6 Å². The van der Waals surface area contributed by atoms with E-state index in [1.54, 1.807) is 18.2 Å². The number of halogens is 3. The molecule has 0 bridgehead atoms. The van der Waals surface area contributed by atoms with Gasteiger partial charge in [-0.1, -0.05) is 75.1 Å². The summed E-state index contributed by atoms with van der Waals surface area (Å²) in [5.41, 5.74) is 3.42. The fourth-order valence-electron chi connectivity index (χ4n) is 4.12. The van der Waals surface area contributed by atoms with Crippen LogP contribution in [0.3, 0.4) is 0 Å². The van der Waals surface area contributed by atoms with Crippen molar-refractivity contribution in [2.45, 2.75) is 65.2 Å². The molecule has 2 aromatic rings. The van der Waals surface area contributed by atoms with Crippen molar-refractivity contribution in [2.75, 3.05) is 0 Å². The first-order valence-electron chi connectivity index (χ1n) is 10.5. The van der Waals surface area contributed by atoms with Crippen molar-refractivity contribution in [1.82, 2.24) is 0 Å². The van der Waals surface area contributed by atoms with Gasteiger partial charge in [-0.05, 0) is 60.8 Å². The van der Waals surface area contributed by atoms with Crippen LogP contribution in [0.5, 0.6) is 0 Å². The zero-order valence-electron chi connectivity index (χ0n) is 16.8. The minimum atomic E-state index is -0.457. The van der Waals surface area contributed by atoms with Gasteiger partial charge in [0.05, 0.1) is 5.02 Å². The highest BCUT2D eigenvalue weighted by molar-refractivity contribution is 6.31. The van der Waals surface area contributed by atoms with Crippen molar-refractivity contribution >= 4 is 17.2 Å². The van der Waals surface area contributed by atoms with Gasteiger partial charge in [-0.2, -0.15) is 0 Å². The summed E-state index contributed by atoms with van der Waals surface area (Å²) in [5, 5.41) is 0.160. The van der Waals surface area contributed by atoms with Crippen LogP contribution in [-0.4, -0.2) is 0 Å². The van der Waals surface area contributed by atoms with Gasteiger partial charge in [-0.15, -0.1) is 0 Å². The van der Waals surface area contributed by atoms with Gasteiger partial charge in [0, 0.05) is 11.1 Å². The third kappa shape index (κ3) is 4.66. The SMILES string of the molecule is CCCCc1ccc(-c2ccc(C3=CCC(CCC)CC3)c(F)c2)c(F)c1Cl. The number of aryl methyl sites for hydroxylation is 1. The fraction of sp³-hybridized carbons (Fsp3) is 0.440. The average molecular weight is 403 g/mol. The van der Waals surface area contributed by atoms with Gasteiger partial charge in [-0.25, -0.2) is 8.78 Å². The molecule has 1 atom stereocenters. The molecule has 150 valence electrons. The van der Waals surface area contributed by atoms with Gasteiger partial charge in [0.1, 0.15) is 11.6 Å². The van der Waals surface area contributed by atoms with Crippen LogP contribution in [0, 0.1) is 17.6 Å². The summed E-state index contributed by atoms with van der Waals surface area (Å²) < 4.78 is 29.7. The predicted octanol–water partition coefficient (Wildman–Crippen LogP) is 8.61. The van der Waals surface area contributed by atoms with Crippen LogP contribution in [0.4, 0.5) is 8.78 Å². The minimum absolute atomic E-state index is 0.160. The summed E-state index contributed by atoms with van der Waals surface area (Å²) in [5.74, 6) is -0.0245. The molecule has 0 saturated carbocycles. The zero-order chi connectivity index (χ0) is 20.1. The Bertz CT molecular complexity index is 854. The smallest absolute Gasteiger partial charge is 0.149 e. The average Bonchev–Trinajstić information content (AvgIpc) is 2.70. The van der Waals surface area contributed by atoms with Gasteiger partial charge >= 0.3 is 0 Å². The molecule has 0 saturated heterocycles. The zero-order valence-corrected chi connectivity index (χ0v) is 17.6. The van der Waals surface area contributed by atoms with E-state index in [0.29, 0.717) is 16.7 Å². The molecule has 1 unspecified atom stereocenters. The maximum Gasteiger partial charge on any atom is 0.149 e. The molecule has 0 heterocycles. The molecule has 0 spiro atoms. The Balaban J connectivity index is 1.84. The molecule has 2 aromatic carbocycles. The maximum absolute atomic E-state index is 14.8. The van der Waals surface area contributed by atoms with E-state index in [9.17, 15) is 8.78 Å². The topological polar surface area (TPSA) is 0 Å². The van der Waals surface area contributed by atoms with Gasteiger partial charge in [0.2, 0.25) is 0 Å². The third-order valence-electron chi connectivity index (χ3n) is 5.80. The van der Waals surface area contributed by atoms with E-state index in [1.165, 1.54) is 18.9 Å². The van der Waals surface area contributed by atoms with Crippen molar-refractivity contribution in [2.24, 2.45) is 5.92 Å². The normalized spacial score (nSPS) is 16.9. The molecule has 0 aromatic heterocycles. The Hall–Kier alpha value is -1.67. The fourth-order valence-corrected chi connectivity index (χ4v) is 4.38. The third-order valence-corrected chi connectivity index (χ3v) is 6.21. The molecule has 28 heavy (non-hydrogen) atoms. The second-order valence-corrected chi connectivity index (χ2v) is 8.23. The lowest BCUT2D eigenvalue weighted by atomic mass is 9.84. The first-order chi connectivity index (χ1) is 13.5. The molecular weight excluding hydrogens is 374 g/mol. The second kappa shape index (κ2) is 9.69. The van der Waals surface area contributed by atoms with Crippen LogP contribution in [-0.2, 0) is 6.42 Å². The molecular formula is C25H29ClF2. The largest absolute Gasteiger partial charge is 0.206 e. The monoisotopic (exact) mass is 402 g/mol. The molecule has 0 fully saturated rings. The van der Waals surface area contributed by atoms with Crippen molar-refractivity contribution in [3.63, 3.8) is 0 Å². The summed E-state index contributed by atoms with van der Waals surface area (Å²) in [6.45, 7) is 4.30. The number of unbranched alkanes of at least 4 members (excludes halogenated alkanes) is 1. The van der Waals surface area contributed by atoms with Gasteiger partial charge < -0.3 is 0 Å². The number of rotatable bonds is 7. The number of benzene rings is 2. The molecule has 3 rings (SSSR count). The quantitative estimate of drug-likeness (QED) is 0.434. The van der Waals surface area contributed by atoms with Crippen LogP contribution < -0.4 is 0 Å². The van der Waals surface area contributed by atoms with Crippen molar-refractivity contribution in [1.29, 1.82) is 0 Å². The maximum atomic E-state index is 14.8. The first kappa shape index (κ1) is 21.0. The summed E-state index contributed by atoms with van der Waals surface area (Å²) in [6, 6.07) is 8.61. The summed E-state index contributed by atoms with van der Waals surface area (Å²) in [7, 11) is 0. The Kier molecular flexibility index (Phi) is 7.29. The Labute approximate surface area is 172 Å². The van der Waals surface area contributed by atoms with Crippen LogP contribution in [0.2, 0.25) is 5.02 Å². The van der Waals surface area contributed by atoms with E-state index in [0.717, 1.165) is 55.6 Å². The molecule has 0 N–H and O–H groups in total. The second-order valence-electron chi connectivity index (χ2n) is 7.86. The molecule has 0 radical (unpaired) electrons. The summed E-state index contributed by atoms with van der Waals surface area (Å²) in [6.07, 6.45) is 10.4. The summed E-state index contributed by atoms with van der Waals surface area (Å²) in [4.78, 5) is 0. The first-order valence-corrected chi connectivity index (χ1v) is 10.9. The standard InChI is InChI=1S/C25H29ClF2/c1-3-5-7-19-12-15-22(25(28)24(19)26)20-13-14-21(23(27)16-20)18-10-8-17(6-4-2)9-11-18/h10,12-17H,3-9,11H2,1-2H3. The number of hydrogen-bond donors (Lipinski definition) is 0. The Morgan fingerprint density at radius 3 is 2.46 bits per heavy atom. The van der Waals surface area contributed by atoms with Crippen molar-refractivity contribution in [3.8, 4) is 11.1 Å². The van der Waals surface area contributed by atoms with Gasteiger partial charge in [0.25, 0.3) is 0 Å². The lowest BCUT2D eigenvalue weighted by Crippen LogP contribution is -2.06. The Morgan fingerprint density at radius 1 is 1.04 bits per heavy atom. The number of allylic oxidation sites excluding steroid dienone is 2. The highest BCUT2D eigenvalue weighted by Crippen LogP contribution is 2.36. The van der Waals surface area contributed by atoms with Crippen LogP contribution in [0.25, 0.3) is 16.7 Å². The molecule has 0 nitrogen and oxygen atoms in total. The van der Waals surface area contributed by atoms with E-state index >= 15 is 0 Å². The predicted molar refractivity (Wildman–Crippen MR) is 116 cm³/mol. The molecule has 0 aliphatic heterocycles. The molecule has 1 aliphatic carbocycles. The lowest BCUT2D eigenvalue weighted by molar-refractivity contribution is 0.444. The minimum Gasteiger partial charge on any atom is -0.206 e. The van der Waals surface area contributed by atoms with E-state index < -0.39 is 5.82 Å². The van der Waals surface area contributed by atoms with Gasteiger partial charge in [0.15, 0.2) is 0 Å². The highest BCUT2D eigenvalue weighted by atomic mass is 35.5. The number of hydrogen-bond acceptors (Lipinski definition) is 0. The lowest BCUT2D eigenvalue weighted by Gasteiger charge is -2.22.